The highest BCUT2D eigenvalue weighted by Crippen LogP contribution is 2.24. The van der Waals surface area contributed by atoms with E-state index >= 15 is 0 Å². The van der Waals surface area contributed by atoms with Crippen molar-refractivity contribution in [3.8, 4) is 11.3 Å². The number of benzene rings is 1. The Labute approximate surface area is 100 Å². The Morgan fingerprint density at radius 1 is 1.29 bits per heavy atom. The Kier molecular flexibility index (Phi) is 3.28. The maximum atomic E-state index is 11.8. The van der Waals surface area contributed by atoms with Crippen LogP contribution in [0.4, 0.5) is 0 Å². The highest BCUT2D eigenvalue weighted by molar-refractivity contribution is 5.96. The molecule has 3 nitrogen and oxygen atoms in total. The van der Waals surface area contributed by atoms with Crippen molar-refractivity contribution >= 4 is 5.97 Å². The second-order valence-corrected chi connectivity index (χ2v) is 3.83. The van der Waals surface area contributed by atoms with Gasteiger partial charge in [0.05, 0.1) is 17.9 Å². The number of aromatic nitrogens is 1. The fraction of sp³-hybridized carbons (Fsp3) is 0.214. The van der Waals surface area contributed by atoms with Gasteiger partial charge in [-0.25, -0.2) is 4.79 Å². The summed E-state index contributed by atoms with van der Waals surface area (Å²) < 4.78 is 5.04. The molecule has 0 amide bonds. The molecular formula is C14H15NO2. The topological polar surface area (TPSA) is 42.1 Å². The summed E-state index contributed by atoms with van der Waals surface area (Å²) in [5, 5.41) is 0. The maximum absolute atomic E-state index is 11.8. The lowest BCUT2D eigenvalue weighted by atomic mass is 10.1. The van der Waals surface area contributed by atoms with Gasteiger partial charge in [0.2, 0.25) is 0 Å². The SMILES string of the molecule is CCOC(=O)c1cc(C)[nH]c1-c1ccccc1. The van der Waals surface area contributed by atoms with Crippen LogP contribution in [0.15, 0.2) is 36.4 Å². The molecule has 1 heterocycles. The van der Waals surface area contributed by atoms with E-state index in [9.17, 15) is 4.79 Å². The van der Waals surface area contributed by atoms with Gasteiger partial charge in [-0.15, -0.1) is 0 Å². The van der Waals surface area contributed by atoms with Crippen LogP contribution in [0.2, 0.25) is 0 Å². The van der Waals surface area contributed by atoms with Gasteiger partial charge in [0.25, 0.3) is 0 Å². The molecule has 2 rings (SSSR count). The van der Waals surface area contributed by atoms with E-state index in [1.807, 2.05) is 43.3 Å². The number of aromatic amines is 1. The molecule has 1 aromatic carbocycles. The molecule has 88 valence electrons. The number of H-pyrrole nitrogens is 1. The Morgan fingerprint density at radius 2 is 2.00 bits per heavy atom. The minimum Gasteiger partial charge on any atom is -0.462 e. The van der Waals surface area contributed by atoms with Crippen LogP contribution in [0.5, 0.6) is 0 Å². The van der Waals surface area contributed by atoms with Gasteiger partial charge in [-0.3, -0.25) is 0 Å². The van der Waals surface area contributed by atoms with E-state index < -0.39 is 0 Å². The van der Waals surface area contributed by atoms with Gasteiger partial charge in [0.1, 0.15) is 0 Å². The molecule has 0 fully saturated rings. The zero-order valence-electron chi connectivity index (χ0n) is 9.99. The first kappa shape index (κ1) is 11.5. The average molecular weight is 229 g/mol. The van der Waals surface area contributed by atoms with E-state index in [1.54, 1.807) is 6.92 Å². The molecule has 3 heteroatoms. The molecular weight excluding hydrogens is 214 g/mol. The van der Waals surface area contributed by atoms with E-state index in [2.05, 4.69) is 4.98 Å². The maximum Gasteiger partial charge on any atom is 0.340 e. The summed E-state index contributed by atoms with van der Waals surface area (Å²) in [7, 11) is 0. The normalized spacial score (nSPS) is 10.2. The van der Waals surface area contributed by atoms with Crippen molar-refractivity contribution in [2.45, 2.75) is 13.8 Å². The number of rotatable bonds is 3. The fourth-order valence-corrected chi connectivity index (χ4v) is 1.79. The Hall–Kier alpha value is -2.03. The molecule has 0 radical (unpaired) electrons. The number of aryl methyl sites for hydroxylation is 1. The van der Waals surface area contributed by atoms with Crippen LogP contribution in [0.1, 0.15) is 23.0 Å². The predicted octanol–water partition coefficient (Wildman–Crippen LogP) is 3.17. The second-order valence-electron chi connectivity index (χ2n) is 3.83. The van der Waals surface area contributed by atoms with E-state index in [0.29, 0.717) is 12.2 Å². The number of hydrogen-bond acceptors (Lipinski definition) is 2. The first-order valence-electron chi connectivity index (χ1n) is 5.64. The largest absolute Gasteiger partial charge is 0.462 e. The minimum absolute atomic E-state index is 0.282. The van der Waals surface area contributed by atoms with Crippen LogP contribution in [0.25, 0.3) is 11.3 Å². The molecule has 0 atom stereocenters. The molecule has 1 aromatic heterocycles. The first-order chi connectivity index (χ1) is 8.22. The molecule has 0 aliphatic heterocycles. The van der Waals surface area contributed by atoms with E-state index in [4.69, 9.17) is 4.74 Å². The molecule has 0 aliphatic rings. The smallest absolute Gasteiger partial charge is 0.340 e. The molecule has 0 saturated carbocycles. The predicted molar refractivity (Wildman–Crippen MR) is 66.9 cm³/mol. The van der Waals surface area contributed by atoms with Gasteiger partial charge < -0.3 is 9.72 Å². The Balaban J connectivity index is 2.44. The zero-order chi connectivity index (χ0) is 12.3. The Morgan fingerprint density at radius 3 is 2.65 bits per heavy atom. The highest BCUT2D eigenvalue weighted by atomic mass is 16.5. The summed E-state index contributed by atoms with van der Waals surface area (Å²) in [6.45, 7) is 4.12. The van der Waals surface area contributed by atoms with E-state index in [0.717, 1.165) is 17.0 Å². The lowest BCUT2D eigenvalue weighted by molar-refractivity contribution is 0.0527. The van der Waals surface area contributed by atoms with Crippen molar-refractivity contribution in [3.05, 3.63) is 47.7 Å². The van der Waals surface area contributed by atoms with Crippen molar-refractivity contribution in [2.24, 2.45) is 0 Å². The minimum atomic E-state index is -0.282. The van der Waals surface area contributed by atoms with Crippen LogP contribution < -0.4 is 0 Å². The number of carbonyl (C=O) groups is 1. The van der Waals surface area contributed by atoms with Crippen LogP contribution in [0, 0.1) is 6.92 Å². The van der Waals surface area contributed by atoms with Crippen LogP contribution in [-0.2, 0) is 4.74 Å². The number of hydrogen-bond donors (Lipinski definition) is 1. The van der Waals surface area contributed by atoms with Crippen LogP contribution in [0.3, 0.4) is 0 Å². The zero-order valence-corrected chi connectivity index (χ0v) is 9.99. The summed E-state index contributed by atoms with van der Waals surface area (Å²) in [5.41, 5.74) is 3.35. The highest BCUT2D eigenvalue weighted by Gasteiger charge is 2.16. The molecule has 0 bridgehead atoms. The van der Waals surface area contributed by atoms with Gasteiger partial charge in [-0.05, 0) is 25.5 Å². The second kappa shape index (κ2) is 4.87. The fourth-order valence-electron chi connectivity index (χ4n) is 1.79. The quantitative estimate of drug-likeness (QED) is 0.821. The number of nitrogens with one attached hydrogen (secondary N) is 1. The monoisotopic (exact) mass is 229 g/mol. The summed E-state index contributed by atoms with van der Waals surface area (Å²) in [6.07, 6.45) is 0. The van der Waals surface area contributed by atoms with Gasteiger partial charge in [-0.1, -0.05) is 30.3 Å². The summed E-state index contributed by atoms with van der Waals surface area (Å²) in [5.74, 6) is -0.282. The summed E-state index contributed by atoms with van der Waals surface area (Å²) >= 11 is 0. The van der Waals surface area contributed by atoms with Crippen molar-refractivity contribution < 1.29 is 9.53 Å². The van der Waals surface area contributed by atoms with Gasteiger partial charge in [-0.2, -0.15) is 0 Å². The van der Waals surface area contributed by atoms with E-state index in [-0.39, 0.29) is 5.97 Å². The first-order valence-corrected chi connectivity index (χ1v) is 5.64. The van der Waals surface area contributed by atoms with Gasteiger partial charge in [0.15, 0.2) is 0 Å². The average Bonchev–Trinajstić information content (AvgIpc) is 2.73. The third-order valence-corrected chi connectivity index (χ3v) is 2.51. The Bertz CT molecular complexity index is 514. The molecule has 2 aromatic rings. The van der Waals surface area contributed by atoms with Gasteiger partial charge >= 0.3 is 5.97 Å². The summed E-state index contributed by atoms with van der Waals surface area (Å²) in [4.78, 5) is 15.0. The molecule has 17 heavy (non-hydrogen) atoms. The third kappa shape index (κ3) is 2.38. The number of carbonyl (C=O) groups excluding carboxylic acids is 1. The van der Waals surface area contributed by atoms with Crippen molar-refractivity contribution in [3.63, 3.8) is 0 Å². The van der Waals surface area contributed by atoms with Crippen LogP contribution >= 0.6 is 0 Å². The molecule has 0 aliphatic carbocycles. The lowest BCUT2D eigenvalue weighted by Crippen LogP contribution is -2.04. The summed E-state index contributed by atoms with van der Waals surface area (Å²) in [6, 6.07) is 11.6. The molecule has 0 unspecified atom stereocenters. The number of esters is 1. The molecule has 0 saturated heterocycles. The van der Waals surface area contributed by atoms with Crippen LogP contribution in [-0.4, -0.2) is 17.6 Å². The van der Waals surface area contributed by atoms with Crippen molar-refractivity contribution in [1.82, 2.24) is 4.98 Å². The molecule has 0 spiro atoms. The van der Waals surface area contributed by atoms with E-state index in [1.165, 1.54) is 0 Å². The number of ether oxygens (including phenoxy) is 1. The lowest BCUT2D eigenvalue weighted by Gasteiger charge is -2.03. The molecule has 1 N–H and O–H groups in total. The van der Waals surface area contributed by atoms with Crippen molar-refractivity contribution in [2.75, 3.05) is 6.61 Å². The third-order valence-electron chi connectivity index (χ3n) is 2.51. The standard InChI is InChI=1S/C14H15NO2/c1-3-17-14(16)12-9-10(2)15-13(12)11-7-5-4-6-8-11/h4-9,15H,3H2,1-2H3. The van der Waals surface area contributed by atoms with Gasteiger partial charge in [0, 0.05) is 5.69 Å². The van der Waals surface area contributed by atoms with Crippen molar-refractivity contribution in [1.29, 1.82) is 0 Å².